The molecule has 0 radical (unpaired) electrons. The summed E-state index contributed by atoms with van der Waals surface area (Å²) >= 11 is 2.65. The van der Waals surface area contributed by atoms with Crippen LogP contribution in [0.25, 0.3) is 0 Å². The smallest absolute Gasteiger partial charge is 0.0447 e. The van der Waals surface area contributed by atoms with Gasteiger partial charge in [-0.2, -0.15) is 0 Å². The minimum Gasteiger partial charge on any atom is -0.399 e. The predicted molar refractivity (Wildman–Crippen MR) is 84.0 cm³/mol. The molecule has 2 aromatic carbocycles. The molecule has 5 heteroatoms. The van der Waals surface area contributed by atoms with E-state index in [2.05, 4.69) is 0 Å². The van der Waals surface area contributed by atoms with Crippen molar-refractivity contribution in [1.29, 1.82) is 0 Å². The Morgan fingerprint density at radius 1 is 0.789 bits per heavy atom. The Kier molecular flexibility index (Phi) is 4.63. The Balaban J connectivity index is 1.92. The van der Waals surface area contributed by atoms with E-state index >= 15 is 0 Å². The Morgan fingerprint density at radius 2 is 1.21 bits per heavy atom. The van der Waals surface area contributed by atoms with Gasteiger partial charge >= 0.3 is 0 Å². The summed E-state index contributed by atoms with van der Waals surface area (Å²) in [5.74, 6) is 0. The van der Waals surface area contributed by atoms with Crippen LogP contribution in [0.2, 0.25) is 0 Å². The first kappa shape index (κ1) is 14.1. The molecule has 0 spiro atoms. The molecule has 0 amide bonds. The van der Waals surface area contributed by atoms with Gasteiger partial charge in [0.2, 0.25) is 0 Å². The molecule has 3 nitrogen and oxygen atoms in total. The first-order valence-electron chi connectivity index (χ1n) is 5.79. The maximum absolute atomic E-state index is 5.77. The number of rotatable bonds is 4. The number of hydrogen-bond donors (Lipinski definition) is 2. The lowest BCUT2D eigenvalue weighted by Crippen LogP contribution is -1.89. The normalized spacial score (nSPS) is 10.6. The number of aryl methyl sites for hydroxylation is 2. The molecule has 0 bridgehead atoms. The first-order chi connectivity index (χ1) is 9.06. The minimum atomic E-state index is 0.797. The van der Waals surface area contributed by atoms with Gasteiger partial charge in [-0.25, -0.2) is 3.63 Å². The number of nitrogen functional groups attached to an aromatic ring is 2. The van der Waals surface area contributed by atoms with E-state index in [9.17, 15) is 0 Å². The lowest BCUT2D eigenvalue weighted by Gasteiger charge is -2.05. The summed E-state index contributed by atoms with van der Waals surface area (Å²) < 4.78 is 5.55. The van der Waals surface area contributed by atoms with Crippen LogP contribution in [-0.2, 0) is 3.63 Å². The van der Waals surface area contributed by atoms with Crippen molar-refractivity contribution in [1.82, 2.24) is 0 Å². The highest BCUT2D eigenvalue weighted by molar-refractivity contribution is 8.07. The summed E-state index contributed by atoms with van der Waals surface area (Å²) in [6.07, 6.45) is 0. The van der Waals surface area contributed by atoms with Gasteiger partial charge in [-0.05, 0) is 61.4 Å². The Labute approximate surface area is 122 Å². The SMILES string of the molecule is Cc1cc(SOSc2ccc(N)c(C)c2)ccc1N. The van der Waals surface area contributed by atoms with Gasteiger partial charge in [0, 0.05) is 45.3 Å². The van der Waals surface area contributed by atoms with Crippen molar-refractivity contribution in [2.24, 2.45) is 0 Å². The van der Waals surface area contributed by atoms with Gasteiger partial charge in [0.25, 0.3) is 0 Å². The number of anilines is 2. The molecule has 0 fully saturated rings. The van der Waals surface area contributed by atoms with Crippen LogP contribution >= 0.6 is 24.1 Å². The highest BCUT2D eigenvalue weighted by Crippen LogP contribution is 2.32. The van der Waals surface area contributed by atoms with E-state index in [-0.39, 0.29) is 0 Å². The summed E-state index contributed by atoms with van der Waals surface area (Å²) in [6.45, 7) is 3.96. The molecular weight excluding hydrogens is 276 g/mol. The Bertz CT molecular complexity index is 536. The van der Waals surface area contributed by atoms with E-state index < -0.39 is 0 Å². The molecule has 0 aliphatic heterocycles. The molecule has 0 saturated heterocycles. The molecule has 0 atom stereocenters. The number of benzene rings is 2. The van der Waals surface area contributed by atoms with Gasteiger partial charge in [-0.1, -0.05) is 0 Å². The standard InChI is InChI=1S/C14H16N2OS2/c1-9-7-11(3-5-13(9)15)18-17-19-12-4-6-14(16)10(2)8-12/h3-8H,15-16H2,1-2H3. The van der Waals surface area contributed by atoms with Gasteiger partial charge in [0.05, 0.1) is 0 Å². The third-order valence-corrected chi connectivity index (χ3v) is 4.18. The third kappa shape index (κ3) is 3.83. The zero-order valence-corrected chi connectivity index (χ0v) is 12.5. The fraction of sp³-hybridized carbons (Fsp3) is 0.143. The van der Waals surface area contributed by atoms with Gasteiger partial charge < -0.3 is 11.5 Å². The molecule has 0 aliphatic rings. The second kappa shape index (κ2) is 6.23. The second-order valence-corrected chi connectivity index (χ2v) is 6.09. The first-order valence-corrected chi connectivity index (χ1v) is 7.28. The van der Waals surface area contributed by atoms with Gasteiger partial charge in [0.15, 0.2) is 0 Å². The summed E-state index contributed by atoms with van der Waals surface area (Å²) in [7, 11) is 0. The largest absolute Gasteiger partial charge is 0.399 e. The van der Waals surface area contributed by atoms with E-state index in [1.807, 2.05) is 50.2 Å². The van der Waals surface area contributed by atoms with Crippen molar-refractivity contribution in [2.45, 2.75) is 23.6 Å². The molecule has 0 unspecified atom stereocenters. The van der Waals surface area contributed by atoms with Crippen LogP contribution < -0.4 is 11.5 Å². The average molecular weight is 292 g/mol. The minimum absolute atomic E-state index is 0.797. The fourth-order valence-electron chi connectivity index (χ4n) is 1.50. The van der Waals surface area contributed by atoms with Crippen molar-refractivity contribution in [3.8, 4) is 0 Å². The molecule has 0 heterocycles. The van der Waals surface area contributed by atoms with Crippen molar-refractivity contribution >= 4 is 35.5 Å². The molecule has 4 N–H and O–H groups in total. The van der Waals surface area contributed by atoms with E-state index in [0.29, 0.717) is 0 Å². The van der Waals surface area contributed by atoms with Crippen LogP contribution in [-0.4, -0.2) is 0 Å². The molecular formula is C14H16N2OS2. The molecule has 0 aromatic heterocycles. The van der Waals surface area contributed by atoms with E-state index in [1.54, 1.807) is 0 Å². The summed E-state index contributed by atoms with van der Waals surface area (Å²) in [5, 5.41) is 0. The monoisotopic (exact) mass is 292 g/mol. The molecule has 100 valence electrons. The van der Waals surface area contributed by atoms with Crippen LogP contribution in [0.15, 0.2) is 46.2 Å². The van der Waals surface area contributed by atoms with Crippen molar-refractivity contribution in [3.63, 3.8) is 0 Å². The summed E-state index contributed by atoms with van der Waals surface area (Å²) in [5.41, 5.74) is 15.3. The zero-order valence-electron chi connectivity index (χ0n) is 10.8. The van der Waals surface area contributed by atoms with Crippen LogP contribution in [0.5, 0.6) is 0 Å². The zero-order chi connectivity index (χ0) is 13.8. The quantitative estimate of drug-likeness (QED) is 0.653. The Hall–Kier alpha value is -1.30. The highest BCUT2D eigenvalue weighted by Gasteiger charge is 2.02. The van der Waals surface area contributed by atoms with Crippen molar-refractivity contribution < 1.29 is 3.63 Å². The maximum atomic E-state index is 5.77. The van der Waals surface area contributed by atoms with Crippen LogP contribution in [0.4, 0.5) is 11.4 Å². The number of hydrogen-bond acceptors (Lipinski definition) is 5. The third-order valence-electron chi connectivity index (χ3n) is 2.74. The lowest BCUT2D eigenvalue weighted by molar-refractivity contribution is 0.756. The molecule has 0 aliphatic carbocycles. The van der Waals surface area contributed by atoms with Crippen LogP contribution in [0, 0.1) is 13.8 Å². The van der Waals surface area contributed by atoms with E-state index in [4.69, 9.17) is 15.1 Å². The predicted octanol–water partition coefficient (Wildman–Crippen LogP) is 4.20. The topological polar surface area (TPSA) is 61.3 Å². The maximum Gasteiger partial charge on any atom is 0.0447 e. The second-order valence-electron chi connectivity index (χ2n) is 4.27. The lowest BCUT2D eigenvalue weighted by atomic mass is 10.2. The van der Waals surface area contributed by atoms with E-state index in [1.165, 1.54) is 24.1 Å². The summed E-state index contributed by atoms with van der Waals surface area (Å²) in [4.78, 5) is 2.07. The highest BCUT2D eigenvalue weighted by atomic mass is 32.2. The van der Waals surface area contributed by atoms with Gasteiger partial charge in [-0.15, -0.1) is 0 Å². The summed E-state index contributed by atoms with van der Waals surface area (Å²) in [6, 6.07) is 11.7. The molecule has 0 saturated carbocycles. The fourth-order valence-corrected chi connectivity index (χ4v) is 2.96. The number of nitrogens with two attached hydrogens (primary N) is 2. The Morgan fingerprint density at radius 3 is 1.58 bits per heavy atom. The van der Waals surface area contributed by atoms with Crippen LogP contribution in [0.1, 0.15) is 11.1 Å². The van der Waals surface area contributed by atoms with Crippen molar-refractivity contribution in [2.75, 3.05) is 11.5 Å². The van der Waals surface area contributed by atoms with E-state index in [0.717, 1.165) is 32.3 Å². The van der Waals surface area contributed by atoms with Gasteiger partial charge in [-0.3, -0.25) is 0 Å². The van der Waals surface area contributed by atoms with Crippen molar-refractivity contribution in [3.05, 3.63) is 47.5 Å². The molecule has 2 rings (SSSR count). The molecule has 2 aromatic rings. The van der Waals surface area contributed by atoms with Crippen LogP contribution in [0.3, 0.4) is 0 Å². The average Bonchev–Trinajstić information content (AvgIpc) is 2.38. The van der Waals surface area contributed by atoms with Gasteiger partial charge in [0.1, 0.15) is 0 Å². The molecule has 19 heavy (non-hydrogen) atoms.